The Morgan fingerprint density at radius 2 is 2.26 bits per heavy atom. The molecule has 4 N–H and O–H groups in total. The smallest absolute Gasteiger partial charge is 0.255 e. The SMILES string of the molecule is Cc1cnc(CNC(=O)c2cc(Br)cnc2NN)o1. The average molecular weight is 326 g/mol. The van der Waals surface area contributed by atoms with Crippen LogP contribution in [0.3, 0.4) is 0 Å². The molecule has 19 heavy (non-hydrogen) atoms. The van der Waals surface area contributed by atoms with Crippen LogP contribution < -0.4 is 16.6 Å². The lowest BCUT2D eigenvalue weighted by atomic mass is 10.2. The number of hydrogen-bond acceptors (Lipinski definition) is 6. The first-order valence-electron chi connectivity index (χ1n) is 5.42. The monoisotopic (exact) mass is 325 g/mol. The third-order valence-corrected chi connectivity index (χ3v) is 2.74. The second-order valence-corrected chi connectivity index (χ2v) is 4.66. The second kappa shape index (κ2) is 5.81. The largest absolute Gasteiger partial charge is 0.444 e. The number of anilines is 1. The van der Waals surface area contributed by atoms with Crippen LogP contribution in [0.2, 0.25) is 0 Å². The summed E-state index contributed by atoms with van der Waals surface area (Å²) in [6.07, 6.45) is 3.14. The van der Waals surface area contributed by atoms with Gasteiger partial charge in [0.2, 0.25) is 5.89 Å². The van der Waals surface area contributed by atoms with E-state index in [1.807, 2.05) is 0 Å². The van der Waals surface area contributed by atoms with Crippen LogP contribution in [0.15, 0.2) is 27.3 Å². The topological polar surface area (TPSA) is 106 Å². The van der Waals surface area contributed by atoms with Crippen molar-refractivity contribution in [2.75, 3.05) is 5.43 Å². The minimum atomic E-state index is -0.322. The van der Waals surface area contributed by atoms with Crippen molar-refractivity contribution >= 4 is 27.7 Å². The van der Waals surface area contributed by atoms with Crippen molar-refractivity contribution in [2.45, 2.75) is 13.5 Å². The Morgan fingerprint density at radius 1 is 1.47 bits per heavy atom. The molecule has 2 heterocycles. The maximum absolute atomic E-state index is 12.0. The van der Waals surface area contributed by atoms with Crippen molar-refractivity contribution in [2.24, 2.45) is 5.84 Å². The van der Waals surface area contributed by atoms with Gasteiger partial charge in [-0.15, -0.1) is 0 Å². The van der Waals surface area contributed by atoms with Crippen molar-refractivity contribution < 1.29 is 9.21 Å². The zero-order valence-corrected chi connectivity index (χ0v) is 11.7. The molecule has 0 aliphatic rings. The molecule has 2 aromatic heterocycles. The summed E-state index contributed by atoms with van der Waals surface area (Å²) < 4.78 is 5.94. The summed E-state index contributed by atoms with van der Waals surface area (Å²) in [5.74, 6) is 6.42. The molecule has 0 fully saturated rings. The summed E-state index contributed by atoms with van der Waals surface area (Å²) in [5, 5.41) is 2.68. The lowest BCUT2D eigenvalue weighted by molar-refractivity contribution is 0.0947. The Labute approximate surface area is 117 Å². The second-order valence-electron chi connectivity index (χ2n) is 3.74. The van der Waals surface area contributed by atoms with Crippen LogP contribution in [0.5, 0.6) is 0 Å². The molecule has 0 spiro atoms. The van der Waals surface area contributed by atoms with E-state index in [1.54, 1.807) is 25.4 Å². The van der Waals surface area contributed by atoms with Gasteiger partial charge in [0, 0.05) is 10.7 Å². The lowest BCUT2D eigenvalue weighted by Gasteiger charge is -2.08. The number of nitrogens with zero attached hydrogens (tertiary/aromatic N) is 2. The summed E-state index contributed by atoms with van der Waals surface area (Å²) in [6, 6.07) is 1.62. The van der Waals surface area contributed by atoms with Crippen LogP contribution in [0.4, 0.5) is 5.82 Å². The highest BCUT2D eigenvalue weighted by atomic mass is 79.9. The highest BCUT2D eigenvalue weighted by molar-refractivity contribution is 9.10. The van der Waals surface area contributed by atoms with Gasteiger partial charge in [-0.2, -0.15) is 0 Å². The molecule has 0 bridgehead atoms. The third kappa shape index (κ3) is 3.30. The van der Waals surface area contributed by atoms with Crippen LogP contribution in [0.1, 0.15) is 22.0 Å². The van der Waals surface area contributed by atoms with Gasteiger partial charge in [-0.1, -0.05) is 0 Å². The molecule has 0 atom stereocenters. The number of amides is 1. The van der Waals surface area contributed by atoms with E-state index in [1.165, 1.54) is 0 Å². The molecule has 100 valence electrons. The lowest BCUT2D eigenvalue weighted by Crippen LogP contribution is -2.25. The van der Waals surface area contributed by atoms with E-state index in [-0.39, 0.29) is 12.5 Å². The number of halogens is 1. The van der Waals surface area contributed by atoms with Crippen LogP contribution in [-0.2, 0) is 6.54 Å². The van der Waals surface area contributed by atoms with Crippen molar-refractivity contribution in [3.63, 3.8) is 0 Å². The maximum atomic E-state index is 12.0. The number of nitrogens with one attached hydrogen (secondary N) is 2. The highest BCUT2D eigenvalue weighted by Crippen LogP contribution is 2.17. The predicted octanol–water partition coefficient (Wildman–Crippen LogP) is 1.36. The van der Waals surface area contributed by atoms with Gasteiger partial charge < -0.3 is 15.2 Å². The van der Waals surface area contributed by atoms with Gasteiger partial charge in [0.05, 0.1) is 18.3 Å². The molecule has 1 amide bonds. The van der Waals surface area contributed by atoms with Crippen LogP contribution >= 0.6 is 15.9 Å². The summed E-state index contributed by atoms with van der Waals surface area (Å²) >= 11 is 3.25. The zero-order chi connectivity index (χ0) is 13.8. The number of oxazole rings is 1. The molecular formula is C11H12BrN5O2. The van der Waals surface area contributed by atoms with Gasteiger partial charge in [0.15, 0.2) is 5.82 Å². The standard InChI is InChI=1S/C11H12BrN5O2/c1-6-3-14-9(19-6)5-16-11(18)8-2-7(12)4-15-10(8)17-13/h2-4H,5,13H2,1H3,(H,15,17)(H,16,18). The van der Waals surface area contributed by atoms with Gasteiger partial charge in [0.25, 0.3) is 5.91 Å². The molecule has 2 aromatic rings. The number of hydrazine groups is 1. The Kier molecular flexibility index (Phi) is 4.13. The van der Waals surface area contributed by atoms with Gasteiger partial charge in [-0.05, 0) is 28.9 Å². The number of rotatable bonds is 4. The average Bonchev–Trinajstić information content (AvgIpc) is 2.81. The number of hydrogen-bond donors (Lipinski definition) is 3. The molecular weight excluding hydrogens is 314 g/mol. The number of pyridine rings is 1. The number of nitrogen functional groups attached to an aromatic ring is 1. The number of aryl methyl sites for hydroxylation is 1. The number of carbonyl (C=O) groups excluding carboxylic acids is 1. The molecule has 7 nitrogen and oxygen atoms in total. The first kappa shape index (κ1) is 13.5. The minimum absolute atomic E-state index is 0.198. The highest BCUT2D eigenvalue weighted by Gasteiger charge is 2.13. The number of aromatic nitrogens is 2. The van der Waals surface area contributed by atoms with E-state index in [2.05, 4.69) is 36.6 Å². The van der Waals surface area contributed by atoms with Gasteiger partial charge in [-0.25, -0.2) is 15.8 Å². The fourth-order valence-electron chi connectivity index (χ4n) is 1.46. The van der Waals surface area contributed by atoms with E-state index in [4.69, 9.17) is 10.3 Å². The molecule has 0 radical (unpaired) electrons. The van der Waals surface area contributed by atoms with E-state index >= 15 is 0 Å². The summed E-state index contributed by atoms with van der Waals surface area (Å²) in [5.41, 5.74) is 2.71. The van der Waals surface area contributed by atoms with Crippen LogP contribution in [0.25, 0.3) is 0 Å². The van der Waals surface area contributed by atoms with Crippen LogP contribution in [-0.4, -0.2) is 15.9 Å². The molecule has 0 aliphatic carbocycles. The predicted molar refractivity (Wildman–Crippen MR) is 72.2 cm³/mol. The fourth-order valence-corrected chi connectivity index (χ4v) is 1.79. The van der Waals surface area contributed by atoms with E-state index in [0.717, 1.165) is 0 Å². The van der Waals surface area contributed by atoms with E-state index in [0.29, 0.717) is 27.5 Å². The van der Waals surface area contributed by atoms with Gasteiger partial charge >= 0.3 is 0 Å². The Bertz CT molecular complexity index is 599. The molecule has 0 aromatic carbocycles. The van der Waals surface area contributed by atoms with E-state index in [9.17, 15) is 4.79 Å². The quantitative estimate of drug-likeness (QED) is 0.578. The maximum Gasteiger partial charge on any atom is 0.255 e. The summed E-state index contributed by atoms with van der Waals surface area (Å²) in [4.78, 5) is 20.0. The fraction of sp³-hybridized carbons (Fsp3) is 0.182. The van der Waals surface area contributed by atoms with E-state index < -0.39 is 0 Å². The first-order chi connectivity index (χ1) is 9.10. The van der Waals surface area contributed by atoms with Gasteiger partial charge in [0.1, 0.15) is 5.76 Å². The molecule has 0 saturated heterocycles. The Balaban J connectivity index is 2.09. The van der Waals surface area contributed by atoms with Crippen molar-refractivity contribution in [1.29, 1.82) is 0 Å². The molecule has 0 saturated carbocycles. The number of nitrogens with two attached hydrogens (primary N) is 1. The van der Waals surface area contributed by atoms with Crippen molar-refractivity contribution in [1.82, 2.24) is 15.3 Å². The Hall–Kier alpha value is -1.93. The normalized spacial score (nSPS) is 10.3. The first-order valence-corrected chi connectivity index (χ1v) is 6.21. The summed E-state index contributed by atoms with van der Waals surface area (Å²) in [6.45, 7) is 1.98. The Morgan fingerprint density at radius 3 is 2.89 bits per heavy atom. The summed E-state index contributed by atoms with van der Waals surface area (Å²) in [7, 11) is 0. The zero-order valence-electron chi connectivity index (χ0n) is 10.1. The molecule has 2 rings (SSSR count). The van der Waals surface area contributed by atoms with Crippen LogP contribution in [0, 0.1) is 6.92 Å². The number of carbonyl (C=O) groups is 1. The third-order valence-electron chi connectivity index (χ3n) is 2.30. The minimum Gasteiger partial charge on any atom is -0.444 e. The molecule has 0 unspecified atom stereocenters. The molecule has 0 aliphatic heterocycles. The van der Waals surface area contributed by atoms with Crippen molar-refractivity contribution in [3.05, 3.63) is 40.1 Å². The van der Waals surface area contributed by atoms with Gasteiger partial charge in [-0.3, -0.25) is 4.79 Å². The van der Waals surface area contributed by atoms with Crippen molar-refractivity contribution in [3.8, 4) is 0 Å². The molecule has 8 heteroatoms.